The second-order valence-electron chi connectivity index (χ2n) is 17.8. The number of hydrogen-bond donors (Lipinski definition) is 15. The van der Waals surface area contributed by atoms with Crippen molar-refractivity contribution in [3.63, 3.8) is 0 Å². The minimum atomic E-state index is -4.16. The number of ether oxygens (including phenoxy) is 10. The van der Waals surface area contributed by atoms with Gasteiger partial charge in [-0.2, -0.15) is 0 Å². The Bertz CT molecular complexity index is 2250. The van der Waals surface area contributed by atoms with Gasteiger partial charge >= 0.3 is 0 Å². The quantitative estimate of drug-likeness (QED) is 0.0487. The molecule has 0 aromatic heterocycles. The lowest BCUT2D eigenvalue weighted by atomic mass is 9.95. The van der Waals surface area contributed by atoms with Crippen LogP contribution in [0.5, 0.6) is 5.75 Å². The van der Waals surface area contributed by atoms with E-state index in [1.165, 1.54) is 24.3 Å². The Morgan fingerprint density at radius 3 is 1.20 bits per heavy atom. The molecule has 0 radical (unpaired) electrons. The summed E-state index contributed by atoms with van der Waals surface area (Å²) >= 11 is 6.07. The third kappa shape index (κ3) is 12.3. The smallest absolute Gasteiger partial charge is 0.271 e. The summed E-state index contributed by atoms with van der Waals surface area (Å²) in [6.45, 7) is -4.00. The van der Waals surface area contributed by atoms with Crippen LogP contribution in [0, 0.1) is 10.1 Å². The molecule has 5 saturated heterocycles. The van der Waals surface area contributed by atoms with Crippen LogP contribution in [0.15, 0.2) is 53.4 Å². The van der Waals surface area contributed by atoms with Crippen molar-refractivity contribution in [3.05, 3.63) is 63.7 Å². The highest BCUT2D eigenvalue weighted by Crippen LogP contribution is 2.37. The molecule has 5 fully saturated rings. The Morgan fingerprint density at radius 2 is 0.838 bits per heavy atom. The molecule has 0 amide bonds. The molecule has 418 valence electrons. The molecule has 15 N–H and O–H groups in total. The number of benzene rings is 2. The second-order valence-corrected chi connectivity index (χ2v) is 20.3. The number of halogens is 1. The molecule has 5 heterocycles. The van der Waals surface area contributed by atoms with Gasteiger partial charge < -0.3 is 124 Å². The van der Waals surface area contributed by atoms with Gasteiger partial charge in [0.05, 0.1) is 47.0 Å². The van der Waals surface area contributed by atoms with Crippen LogP contribution >= 0.6 is 11.6 Å². The maximum atomic E-state index is 13.1. The molecule has 7 rings (SSSR count). The van der Waals surface area contributed by atoms with Gasteiger partial charge in [0.15, 0.2) is 35.0 Å². The Balaban J connectivity index is 0.962. The topological polar surface area (TPSA) is 473 Å². The number of hydrogen-bond acceptors (Lipinski definition) is 29. The third-order valence-electron chi connectivity index (χ3n) is 13.0. The number of non-ortho nitro benzene ring substituents is 1. The summed E-state index contributed by atoms with van der Waals surface area (Å²) in [6, 6.07) is 10.1. The van der Waals surface area contributed by atoms with Crippen LogP contribution in [0.1, 0.15) is 0 Å². The van der Waals surface area contributed by atoms with Crippen molar-refractivity contribution >= 4 is 27.1 Å². The van der Waals surface area contributed by atoms with E-state index < -0.39 is 206 Å². The maximum absolute atomic E-state index is 13.1. The van der Waals surface area contributed by atoms with Gasteiger partial charge in [0.25, 0.3) is 5.69 Å². The van der Waals surface area contributed by atoms with E-state index >= 15 is 0 Å². The summed E-state index contributed by atoms with van der Waals surface area (Å²) in [5, 5.41) is 173. The first-order chi connectivity index (χ1) is 35.0. The summed E-state index contributed by atoms with van der Waals surface area (Å²) in [4.78, 5) is 10.2. The zero-order chi connectivity index (χ0) is 54.1. The Morgan fingerprint density at radius 1 is 0.486 bits per heavy atom. The van der Waals surface area contributed by atoms with Crippen molar-refractivity contribution in [2.75, 3.05) is 32.2 Å². The van der Waals surface area contributed by atoms with Gasteiger partial charge in [-0.3, -0.25) is 10.1 Å². The SMILES string of the molecule is O=[N+]([O-])c1ccc(O[C@@H]2O[C@H](CO)[C@@H](O[C@H]3O[C@H](CO)[C@@H](O[C@H]4O[C@H](CO)[C@@H](O[C@H]5O[C@H](CO)[C@@H](O[C@H]6O[C@H](CS(=O)(=O)c7ccccc7)[C@@H](O)[C@H](O)[C@H]6O)[C@H](O)[C@H]5O)[C@H](O)[C@H]4O)[C@H](O)[C@H]3O)[C@H](O)[C@H]2O)c(Cl)c1. The van der Waals surface area contributed by atoms with E-state index in [0.29, 0.717) is 0 Å². The van der Waals surface area contributed by atoms with E-state index in [2.05, 4.69) is 0 Å². The Kier molecular flexibility index (Phi) is 19.6. The van der Waals surface area contributed by atoms with E-state index in [0.717, 1.165) is 18.2 Å². The van der Waals surface area contributed by atoms with E-state index in [4.69, 9.17) is 59.0 Å². The highest BCUT2D eigenvalue weighted by molar-refractivity contribution is 7.91. The number of nitrogens with zero attached hydrogens (tertiary/aromatic N) is 1. The zero-order valence-electron chi connectivity index (χ0n) is 38.2. The van der Waals surface area contributed by atoms with Gasteiger partial charge in [0, 0.05) is 12.1 Å². The minimum absolute atomic E-state index is 0.155. The predicted octanol–water partition coefficient (Wildman–Crippen LogP) is -7.79. The Hall–Kier alpha value is -3.08. The molecular formula is C42H58ClNO29S. The van der Waals surface area contributed by atoms with Crippen molar-refractivity contribution in [1.29, 1.82) is 0 Å². The normalized spacial score (nSPS) is 43.2. The van der Waals surface area contributed by atoms with Gasteiger partial charge in [-0.25, -0.2) is 8.42 Å². The highest BCUT2D eigenvalue weighted by atomic mass is 35.5. The number of nitro groups is 1. The molecule has 32 heteroatoms. The van der Waals surface area contributed by atoms with Crippen LogP contribution in [0.25, 0.3) is 0 Å². The minimum Gasteiger partial charge on any atom is -0.460 e. The molecular weight excluding hydrogens is 1050 g/mol. The monoisotopic (exact) mass is 1110 g/mol. The third-order valence-corrected chi connectivity index (χ3v) is 15.0. The first kappa shape index (κ1) is 58.6. The number of aliphatic hydroxyl groups excluding tert-OH is 15. The predicted molar refractivity (Wildman–Crippen MR) is 234 cm³/mol. The molecule has 74 heavy (non-hydrogen) atoms. The fourth-order valence-electron chi connectivity index (χ4n) is 8.87. The molecule has 30 nitrogen and oxygen atoms in total. The summed E-state index contributed by atoms with van der Waals surface area (Å²) in [6.07, 6.45) is -48.5. The van der Waals surface area contributed by atoms with Gasteiger partial charge in [-0.1, -0.05) is 29.8 Å². The van der Waals surface area contributed by atoms with Gasteiger partial charge in [-0.15, -0.1) is 0 Å². The van der Waals surface area contributed by atoms with E-state index in [-0.39, 0.29) is 15.7 Å². The molecule has 2 aromatic carbocycles. The molecule has 0 bridgehead atoms. The van der Waals surface area contributed by atoms with Crippen molar-refractivity contribution in [3.8, 4) is 5.75 Å². The van der Waals surface area contributed by atoms with Gasteiger partial charge in [-0.05, 0) is 18.2 Å². The maximum Gasteiger partial charge on any atom is 0.271 e. The molecule has 5 aliphatic rings. The summed E-state index contributed by atoms with van der Waals surface area (Å²) in [5.74, 6) is -1.13. The number of aliphatic hydroxyl groups is 15. The number of rotatable bonds is 18. The molecule has 0 spiro atoms. The molecule has 0 saturated carbocycles. The lowest BCUT2D eigenvalue weighted by Gasteiger charge is -2.49. The highest BCUT2D eigenvalue weighted by Gasteiger charge is 2.57. The lowest BCUT2D eigenvalue weighted by Crippen LogP contribution is -2.68. The van der Waals surface area contributed by atoms with Gasteiger partial charge in [0.1, 0.15) is 128 Å². The van der Waals surface area contributed by atoms with Crippen LogP contribution < -0.4 is 4.74 Å². The fraction of sp³-hybridized carbons (Fsp3) is 0.714. The summed E-state index contributed by atoms with van der Waals surface area (Å²) in [7, 11) is -4.16. The summed E-state index contributed by atoms with van der Waals surface area (Å²) in [5.41, 5.74) is -0.390. The number of nitro benzene ring substituents is 1. The first-order valence-corrected chi connectivity index (χ1v) is 24.8. The number of sulfone groups is 1. The van der Waals surface area contributed by atoms with E-state index in [9.17, 15) is 95.1 Å². The standard InChI is InChI=1S/C42H58ClNO29S/c43-16-8-14(44(60)61)6-7-17(16)64-38-30(56)25(51)34(18(9-45)65-38)71-40-32(58)27(53)36(20(11-47)67-40)73-42-33(59)28(54)37(21(12-48)68-42)72-41-31(57)26(52)35(19(10-46)66-41)70-39-29(55)24(50)23(49)22(69-39)13-74(62,63)15-4-2-1-3-5-15/h1-8,18-42,45-59H,9-13H2/t18-,19-,20-,21-,22-,23-,24+,25-,26-,27-,28-,29-,30-,31-,32-,33-,34-,35-,36-,37-,38-,39-,40-,41-,42-/m1/s1. The molecule has 2 aromatic rings. The molecule has 25 atom stereocenters. The zero-order valence-corrected chi connectivity index (χ0v) is 39.8. The van der Waals surface area contributed by atoms with Gasteiger partial charge in [0.2, 0.25) is 6.29 Å². The van der Waals surface area contributed by atoms with E-state index in [1.807, 2.05) is 0 Å². The largest absolute Gasteiger partial charge is 0.460 e. The van der Waals surface area contributed by atoms with Crippen molar-refractivity contribution in [1.82, 2.24) is 0 Å². The first-order valence-electron chi connectivity index (χ1n) is 22.7. The Labute approximate surface area is 423 Å². The summed E-state index contributed by atoms with van der Waals surface area (Å²) < 4.78 is 82.4. The van der Waals surface area contributed by atoms with Crippen LogP contribution in [-0.4, -0.2) is 276 Å². The lowest BCUT2D eigenvalue weighted by molar-refractivity contribution is -0.392. The molecule has 0 unspecified atom stereocenters. The molecule has 5 aliphatic heterocycles. The van der Waals surface area contributed by atoms with Crippen molar-refractivity contribution in [2.24, 2.45) is 0 Å². The fourth-order valence-corrected chi connectivity index (χ4v) is 10.6. The second kappa shape index (κ2) is 24.7. The van der Waals surface area contributed by atoms with Crippen molar-refractivity contribution < 1.29 is 137 Å². The average molecular weight is 1110 g/mol. The van der Waals surface area contributed by atoms with Crippen LogP contribution in [0.4, 0.5) is 5.69 Å². The van der Waals surface area contributed by atoms with Crippen molar-refractivity contribution in [2.45, 2.75) is 158 Å². The molecule has 0 aliphatic carbocycles. The van der Waals surface area contributed by atoms with Crippen LogP contribution in [0.3, 0.4) is 0 Å². The van der Waals surface area contributed by atoms with Crippen LogP contribution in [-0.2, 0) is 52.5 Å². The average Bonchev–Trinajstić information content (AvgIpc) is 3.38. The van der Waals surface area contributed by atoms with Crippen LogP contribution in [0.2, 0.25) is 5.02 Å². The van der Waals surface area contributed by atoms with E-state index in [1.54, 1.807) is 6.07 Å².